The zero-order valence-corrected chi connectivity index (χ0v) is 12.9. The van der Waals surface area contributed by atoms with Gasteiger partial charge in [0.2, 0.25) is 10.0 Å². The summed E-state index contributed by atoms with van der Waals surface area (Å²) >= 11 is 0. The molecule has 1 rings (SSSR count). The molecule has 0 unspecified atom stereocenters. The van der Waals surface area contributed by atoms with Crippen molar-refractivity contribution < 1.29 is 18.3 Å². The molecule has 0 aliphatic heterocycles. The monoisotopic (exact) mass is 299 g/mol. The Morgan fingerprint density at radius 3 is 2.50 bits per heavy atom. The normalized spacial score (nSPS) is 12.1. The Balaban J connectivity index is 3.18. The van der Waals surface area contributed by atoms with Crippen molar-refractivity contribution in [2.75, 3.05) is 13.1 Å². The average Bonchev–Trinajstić information content (AvgIpc) is 2.38. The van der Waals surface area contributed by atoms with Crippen LogP contribution in [0.15, 0.2) is 29.2 Å². The van der Waals surface area contributed by atoms with Crippen LogP contribution in [-0.4, -0.2) is 36.9 Å². The van der Waals surface area contributed by atoms with E-state index in [0.29, 0.717) is 6.42 Å². The molecule has 0 fully saturated rings. The second-order valence-corrected chi connectivity index (χ2v) is 6.90. The average molecular weight is 299 g/mol. The van der Waals surface area contributed by atoms with E-state index in [2.05, 4.69) is 0 Å². The van der Waals surface area contributed by atoms with Gasteiger partial charge in [-0.25, -0.2) is 8.42 Å². The molecule has 0 bridgehead atoms. The summed E-state index contributed by atoms with van der Waals surface area (Å²) in [5.41, 5.74) is 0.915. The highest BCUT2D eigenvalue weighted by atomic mass is 32.2. The molecular formula is C14H21NO4S. The fourth-order valence-electron chi connectivity index (χ4n) is 1.87. The first-order chi connectivity index (χ1) is 9.28. The summed E-state index contributed by atoms with van der Waals surface area (Å²) in [5.74, 6) is -0.939. The maximum absolute atomic E-state index is 12.5. The van der Waals surface area contributed by atoms with Gasteiger partial charge in [0.1, 0.15) is 6.54 Å². The van der Waals surface area contributed by atoms with E-state index in [1.165, 1.54) is 6.07 Å². The lowest BCUT2D eigenvalue weighted by Gasteiger charge is -2.20. The summed E-state index contributed by atoms with van der Waals surface area (Å²) in [4.78, 5) is 11.0. The van der Waals surface area contributed by atoms with Gasteiger partial charge in [0.15, 0.2) is 0 Å². The lowest BCUT2D eigenvalue weighted by Crippen LogP contribution is -2.36. The summed E-state index contributed by atoms with van der Waals surface area (Å²) in [7, 11) is -3.76. The molecule has 5 nitrogen and oxygen atoms in total. The number of sulfonamides is 1. The van der Waals surface area contributed by atoms with Crippen molar-refractivity contribution in [1.82, 2.24) is 4.31 Å². The quantitative estimate of drug-likeness (QED) is 0.838. The number of hydrogen-bond donors (Lipinski definition) is 1. The summed E-state index contributed by atoms with van der Waals surface area (Å²) in [6.07, 6.45) is 0.566. The van der Waals surface area contributed by atoms with E-state index < -0.39 is 22.5 Å². The number of carboxylic acid groups (broad SMARTS) is 1. The molecule has 0 radical (unpaired) electrons. The van der Waals surface area contributed by atoms with Crippen molar-refractivity contribution in [1.29, 1.82) is 0 Å². The van der Waals surface area contributed by atoms with Gasteiger partial charge in [-0.15, -0.1) is 0 Å². The number of hydrogen-bond acceptors (Lipinski definition) is 3. The van der Waals surface area contributed by atoms with Crippen molar-refractivity contribution in [3.05, 3.63) is 29.8 Å². The Kier molecular flexibility index (Phi) is 5.71. The Bertz CT molecular complexity index is 566. The summed E-state index contributed by atoms with van der Waals surface area (Å²) in [5, 5.41) is 8.86. The first kappa shape index (κ1) is 16.7. The summed E-state index contributed by atoms with van der Waals surface area (Å²) in [6.45, 7) is 5.46. The standard InChI is InChI=1S/C14H21NO4S/c1-4-8-15(10-14(16)17)20(18,19)13-7-5-6-12(9-13)11(2)3/h5-7,9,11H,4,8,10H2,1-3H3,(H,16,17). The van der Waals surface area contributed by atoms with Gasteiger partial charge in [-0.05, 0) is 30.0 Å². The van der Waals surface area contributed by atoms with Crippen LogP contribution in [-0.2, 0) is 14.8 Å². The van der Waals surface area contributed by atoms with E-state index in [1.807, 2.05) is 26.8 Å². The van der Waals surface area contributed by atoms with Gasteiger partial charge in [-0.3, -0.25) is 4.79 Å². The smallest absolute Gasteiger partial charge is 0.318 e. The highest BCUT2D eigenvalue weighted by molar-refractivity contribution is 7.89. The Labute approximate surface area is 120 Å². The molecule has 0 aromatic heterocycles. The highest BCUT2D eigenvalue weighted by Gasteiger charge is 2.26. The third-order valence-electron chi connectivity index (χ3n) is 2.95. The number of carboxylic acids is 1. The zero-order valence-electron chi connectivity index (χ0n) is 12.0. The molecule has 1 aromatic rings. The lowest BCUT2D eigenvalue weighted by atomic mass is 10.0. The van der Waals surface area contributed by atoms with E-state index in [0.717, 1.165) is 9.87 Å². The summed E-state index contributed by atoms with van der Waals surface area (Å²) < 4.78 is 26.0. The molecule has 0 saturated carbocycles. The Morgan fingerprint density at radius 2 is 2.00 bits per heavy atom. The minimum absolute atomic E-state index is 0.151. The first-order valence-corrected chi connectivity index (χ1v) is 8.05. The second kappa shape index (κ2) is 6.85. The van der Waals surface area contributed by atoms with Crippen molar-refractivity contribution >= 4 is 16.0 Å². The van der Waals surface area contributed by atoms with E-state index in [1.54, 1.807) is 12.1 Å². The van der Waals surface area contributed by atoms with Crippen molar-refractivity contribution in [2.24, 2.45) is 0 Å². The SMILES string of the molecule is CCCN(CC(=O)O)S(=O)(=O)c1cccc(C(C)C)c1. The van der Waals surface area contributed by atoms with Gasteiger partial charge >= 0.3 is 5.97 Å². The molecular weight excluding hydrogens is 278 g/mol. The maximum atomic E-state index is 12.5. The fraction of sp³-hybridized carbons (Fsp3) is 0.500. The summed E-state index contributed by atoms with van der Waals surface area (Å²) in [6, 6.07) is 6.67. The first-order valence-electron chi connectivity index (χ1n) is 6.61. The van der Waals surface area contributed by atoms with Gasteiger partial charge in [-0.1, -0.05) is 32.9 Å². The van der Waals surface area contributed by atoms with Crippen LogP contribution >= 0.6 is 0 Å². The number of rotatable bonds is 7. The number of benzene rings is 1. The van der Waals surface area contributed by atoms with Crippen LogP contribution in [0.25, 0.3) is 0 Å². The van der Waals surface area contributed by atoms with Gasteiger partial charge < -0.3 is 5.11 Å². The van der Waals surface area contributed by atoms with E-state index in [4.69, 9.17) is 5.11 Å². The van der Waals surface area contributed by atoms with Crippen LogP contribution in [0.1, 0.15) is 38.7 Å². The Morgan fingerprint density at radius 1 is 1.35 bits per heavy atom. The third kappa shape index (κ3) is 4.05. The van der Waals surface area contributed by atoms with E-state index >= 15 is 0 Å². The molecule has 0 heterocycles. The molecule has 0 aliphatic carbocycles. The lowest BCUT2D eigenvalue weighted by molar-refractivity contribution is -0.137. The Hall–Kier alpha value is -1.40. The van der Waals surface area contributed by atoms with Crippen LogP contribution in [0.5, 0.6) is 0 Å². The van der Waals surface area contributed by atoms with Gasteiger partial charge in [0, 0.05) is 6.54 Å². The molecule has 0 atom stereocenters. The fourth-order valence-corrected chi connectivity index (χ4v) is 3.40. The molecule has 6 heteroatoms. The predicted molar refractivity (Wildman–Crippen MR) is 77.2 cm³/mol. The predicted octanol–water partition coefficient (Wildman–Crippen LogP) is 2.30. The van der Waals surface area contributed by atoms with Gasteiger partial charge in [-0.2, -0.15) is 4.31 Å². The minimum Gasteiger partial charge on any atom is -0.480 e. The number of aliphatic carboxylic acids is 1. The molecule has 20 heavy (non-hydrogen) atoms. The maximum Gasteiger partial charge on any atom is 0.318 e. The molecule has 1 aromatic carbocycles. The number of nitrogens with zero attached hydrogens (tertiary/aromatic N) is 1. The molecule has 0 aliphatic rings. The minimum atomic E-state index is -3.76. The van der Waals surface area contributed by atoms with E-state index in [-0.39, 0.29) is 17.4 Å². The highest BCUT2D eigenvalue weighted by Crippen LogP contribution is 2.21. The van der Waals surface area contributed by atoms with Crippen molar-refractivity contribution in [3.63, 3.8) is 0 Å². The molecule has 0 spiro atoms. The van der Waals surface area contributed by atoms with Crippen molar-refractivity contribution in [2.45, 2.75) is 38.0 Å². The van der Waals surface area contributed by atoms with E-state index in [9.17, 15) is 13.2 Å². The van der Waals surface area contributed by atoms with Gasteiger partial charge in [0.05, 0.1) is 4.90 Å². The third-order valence-corrected chi connectivity index (χ3v) is 4.79. The van der Waals surface area contributed by atoms with Crippen LogP contribution in [0.3, 0.4) is 0 Å². The molecule has 0 amide bonds. The van der Waals surface area contributed by atoms with Crippen LogP contribution in [0.4, 0.5) is 0 Å². The topological polar surface area (TPSA) is 74.7 Å². The van der Waals surface area contributed by atoms with Gasteiger partial charge in [0.25, 0.3) is 0 Å². The van der Waals surface area contributed by atoms with Crippen LogP contribution in [0, 0.1) is 0 Å². The largest absolute Gasteiger partial charge is 0.480 e. The van der Waals surface area contributed by atoms with Crippen LogP contribution < -0.4 is 0 Å². The molecule has 112 valence electrons. The molecule has 1 N–H and O–H groups in total. The molecule has 0 saturated heterocycles. The zero-order chi connectivity index (χ0) is 15.3. The van der Waals surface area contributed by atoms with Crippen LogP contribution in [0.2, 0.25) is 0 Å². The second-order valence-electron chi connectivity index (χ2n) is 4.96. The number of carbonyl (C=O) groups is 1. The van der Waals surface area contributed by atoms with Crippen molar-refractivity contribution in [3.8, 4) is 0 Å².